The Morgan fingerprint density at radius 3 is 2.66 bits per heavy atom. The predicted octanol–water partition coefficient (Wildman–Crippen LogP) is 1.88. The van der Waals surface area contributed by atoms with Gasteiger partial charge >= 0.3 is 6.09 Å². The number of aryl methyl sites for hydroxylation is 1. The van der Waals surface area contributed by atoms with E-state index in [0.29, 0.717) is 35.4 Å². The standard InChI is InChI=1S/C21H28N4O6S/c1-14-5-6-17-18(25(14)21(27)28)8-7-16(20(17)31-13-19(26)23(2)3)15-11-22-24(12-15)9-10-32(4,29)30/h7-8,11-12,14H,5-6,9-10,13H2,1-4H3,(H,27,28)/t14-/m0/s1. The van der Waals surface area contributed by atoms with Gasteiger partial charge in [-0.2, -0.15) is 5.10 Å². The summed E-state index contributed by atoms with van der Waals surface area (Å²) in [5.41, 5.74) is 2.62. The molecule has 11 heteroatoms. The summed E-state index contributed by atoms with van der Waals surface area (Å²) in [6.45, 7) is 1.87. The van der Waals surface area contributed by atoms with E-state index in [-0.39, 0.29) is 30.9 Å². The number of benzene rings is 1. The van der Waals surface area contributed by atoms with Gasteiger partial charge in [0.15, 0.2) is 6.61 Å². The largest absolute Gasteiger partial charge is 0.483 e. The van der Waals surface area contributed by atoms with Crippen molar-refractivity contribution in [3.05, 3.63) is 30.1 Å². The van der Waals surface area contributed by atoms with Crippen LogP contribution in [0.4, 0.5) is 10.5 Å². The number of amides is 2. The fraction of sp³-hybridized carbons (Fsp3) is 0.476. The Bertz CT molecular complexity index is 1130. The summed E-state index contributed by atoms with van der Waals surface area (Å²) in [7, 11) is 0.131. The number of nitrogens with zero attached hydrogens (tertiary/aromatic N) is 4. The molecule has 0 aliphatic carbocycles. The molecule has 0 saturated heterocycles. The lowest BCUT2D eigenvalue weighted by molar-refractivity contribution is -0.130. The van der Waals surface area contributed by atoms with E-state index in [1.54, 1.807) is 38.6 Å². The molecule has 0 fully saturated rings. The molecule has 32 heavy (non-hydrogen) atoms. The molecule has 2 aromatic rings. The number of anilines is 1. The number of carboxylic acid groups (broad SMARTS) is 1. The number of sulfone groups is 1. The van der Waals surface area contributed by atoms with Gasteiger partial charge in [0.05, 0.1) is 24.2 Å². The Labute approximate surface area is 187 Å². The quantitative estimate of drug-likeness (QED) is 0.664. The highest BCUT2D eigenvalue weighted by molar-refractivity contribution is 7.90. The Morgan fingerprint density at radius 1 is 1.31 bits per heavy atom. The summed E-state index contributed by atoms with van der Waals surface area (Å²) in [6.07, 6.45) is 4.66. The smallest absolute Gasteiger partial charge is 0.412 e. The Hall–Kier alpha value is -3.08. The number of fused-ring (bicyclic) bond motifs is 1. The molecule has 1 aromatic heterocycles. The van der Waals surface area contributed by atoms with E-state index < -0.39 is 15.9 Å². The van der Waals surface area contributed by atoms with E-state index in [1.165, 1.54) is 20.7 Å². The zero-order chi connectivity index (χ0) is 23.6. The summed E-state index contributed by atoms with van der Waals surface area (Å²) in [6, 6.07) is 3.31. The Morgan fingerprint density at radius 2 is 2.03 bits per heavy atom. The predicted molar refractivity (Wildman–Crippen MR) is 120 cm³/mol. The number of hydrogen-bond donors (Lipinski definition) is 1. The van der Waals surface area contributed by atoms with Crippen molar-refractivity contribution in [2.24, 2.45) is 0 Å². The van der Waals surface area contributed by atoms with Crippen molar-refractivity contribution in [2.75, 3.05) is 37.6 Å². The molecule has 2 amide bonds. The minimum Gasteiger partial charge on any atom is -0.483 e. The van der Waals surface area contributed by atoms with Crippen molar-refractivity contribution in [1.29, 1.82) is 0 Å². The summed E-state index contributed by atoms with van der Waals surface area (Å²) in [4.78, 5) is 26.8. The van der Waals surface area contributed by atoms with Crippen molar-refractivity contribution < 1.29 is 27.9 Å². The first-order valence-corrected chi connectivity index (χ1v) is 12.3. The average molecular weight is 465 g/mol. The number of ether oxygens (including phenoxy) is 1. The van der Waals surface area contributed by atoms with E-state index in [1.807, 2.05) is 6.92 Å². The molecule has 0 saturated carbocycles. The van der Waals surface area contributed by atoms with Gasteiger partial charge in [-0.3, -0.25) is 14.4 Å². The number of carbonyl (C=O) groups is 2. The number of carbonyl (C=O) groups excluding carboxylic acids is 1. The molecule has 174 valence electrons. The number of aromatic nitrogens is 2. The van der Waals surface area contributed by atoms with Gasteiger partial charge in [-0.05, 0) is 31.9 Å². The highest BCUT2D eigenvalue weighted by Crippen LogP contribution is 2.43. The maximum atomic E-state index is 12.2. The first-order valence-electron chi connectivity index (χ1n) is 10.2. The second-order valence-electron chi connectivity index (χ2n) is 8.18. The fourth-order valence-corrected chi connectivity index (χ4v) is 4.15. The third kappa shape index (κ3) is 5.21. The first-order chi connectivity index (χ1) is 15.0. The normalized spacial score (nSPS) is 15.9. The van der Waals surface area contributed by atoms with E-state index in [0.717, 1.165) is 5.56 Å². The molecule has 1 atom stereocenters. The maximum Gasteiger partial charge on any atom is 0.412 e. The van der Waals surface area contributed by atoms with Crippen molar-refractivity contribution in [3.63, 3.8) is 0 Å². The van der Waals surface area contributed by atoms with Crippen LogP contribution in [-0.4, -0.2) is 79.0 Å². The van der Waals surface area contributed by atoms with Gasteiger partial charge in [-0.25, -0.2) is 13.2 Å². The lowest BCUT2D eigenvalue weighted by Crippen LogP contribution is -2.41. The van der Waals surface area contributed by atoms with Gasteiger partial charge < -0.3 is 14.7 Å². The molecule has 1 N–H and O–H groups in total. The van der Waals surface area contributed by atoms with Crippen LogP contribution in [0.1, 0.15) is 18.9 Å². The maximum absolute atomic E-state index is 12.2. The van der Waals surface area contributed by atoms with Crippen LogP contribution in [0.3, 0.4) is 0 Å². The SMILES string of the molecule is C[C@H]1CCc2c(ccc(-c3cnn(CCS(C)(=O)=O)c3)c2OCC(=O)N(C)C)N1C(=O)O. The van der Waals surface area contributed by atoms with E-state index in [9.17, 15) is 23.1 Å². The highest BCUT2D eigenvalue weighted by Gasteiger charge is 2.31. The highest BCUT2D eigenvalue weighted by atomic mass is 32.2. The molecular formula is C21H28N4O6S. The van der Waals surface area contributed by atoms with Crippen LogP contribution in [0, 0.1) is 0 Å². The Kier molecular flexibility index (Phi) is 6.77. The molecule has 1 aliphatic rings. The molecule has 3 rings (SSSR count). The summed E-state index contributed by atoms with van der Waals surface area (Å²) < 4.78 is 30.4. The van der Waals surface area contributed by atoms with Crippen LogP contribution in [0.15, 0.2) is 24.5 Å². The number of rotatable bonds is 7. The van der Waals surface area contributed by atoms with Gasteiger partial charge in [0, 0.05) is 49.3 Å². The third-order valence-corrected chi connectivity index (χ3v) is 6.35. The lowest BCUT2D eigenvalue weighted by atomic mass is 9.92. The topological polar surface area (TPSA) is 122 Å². The van der Waals surface area contributed by atoms with E-state index in [2.05, 4.69) is 5.10 Å². The number of likely N-dealkylation sites (N-methyl/N-ethyl adjacent to an activating group) is 1. The van der Waals surface area contributed by atoms with Gasteiger partial charge in [-0.15, -0.1) is 0 Å². The minimum absolute atomic E-state index is 0.0372. The molecule has 0 bridgehead atoms. The van der Waals surface area contributed by atoms with Crippen LogP contribution in [0.25, 0.3) is 11.1 Å². The molecular weight excluding hydrogens is 436 g/mol. The van der Waals surface area contributed by atoms with E-state index in [4.69, 9.17) is 4.74 Å². The van der Waals surface area contributed by atoms with E-state index >= 15 is 0 Å². The monoisotopic (exact) mass is 464 g/mol. The fourth-order valence-electron chi connectivity index (χ4n) is 3.64. The number of hydrogen-bond acceptors (Lipinski definition) is 6. The van der Waals surface area contributed by atoms with Crippen molar-refractivity contribution >= 4 is 27.5 Å². The molecule has 1 aromatic carbocycles. The Balaban J connectivity index is 2.03. The molecule has 1 aliphatic heterocycles. The molecule has 0 radical (unpaired) electrons. The summed E-state index contributed by atoms with van der Waals surface area (Å²) >= 11 is 0. The molecule has 2 heterocycles. The average Bonchev–Trinajstić information content (AvgIpc) is 3.17. The lowest BCUT2D eigenvalue weighted by Gasteiger charge is -2.34. The van der Waals surface area contributed by atoms with Crippen molar-refractivity contribution in [2.45, 2.75) is 32.4 Å². The van der Waals surface area contributed by atoms with Crippen molar-refractivity contribution in [3.8, 4) is 16.9 Å². The van der Waals surface area contributed by atoms with Crippen LogP contribution in [-0.2, 0) is 27.6 Å². The van der Waals surface area contributed by atoms with Crippen LogP contribution >= 0.6 is 0 Å². The van der Waals surface area contributed by atoms with Crippen LogP contribution in [0.2, 0.25) is 0 Å². The molecule has 0 unspecified atom stereocenters. The van der Waals surface area contributed by atoms with Crippen molar-refractivity contribution in [1.82, 2.24) is 14.7 Å². The second-order valence-corrected chi connectivity index (χ2v) is 10.4. The minimum atomic E-state index is -3.13. The zero-order valence-corrected chi connectivity index (χ0v) is 19.4. The first kappa shape index (κ1) is 23.6. The van der Waals surface area contributed by atoms with Gasteiger partial charge in [0.25, 0.3) is 5.91 Å². The molecule has 10 nitrogen and oxygen atoms in total. The summed E-state index contributed by atoms with van der Waals surface area (Å²) in [5, 5.41) is 14.0. The van der Waals surface area contributed by atoms with Crippen LogP contribution in [0.5, 0.6) is 5.75 Å². The van der Waals surface area contributed by atoms with Gasteiger partial charge in [0.1, 0.15) is 15.6 Å². The third-order valence-electron chi connectivity index (χ3n) is 5.43. The zero-order valence-electron chi connectivity index (χ0n) is 18.6. The second kappa shape index (κ2) is 9.19. The summed E-state index contributed by atoms with van der Waals surface area (Å²) in [5.74, 6) is 0.181. The van der Waals surface area contributed by atoms with Gasteiger partial charge in [0.2, 0.25) is 0 Å². The van der Waals surface area contributed by atoms with Crippen LogP contribution < -0.4 is 9.64 Å². The molecule has 0 spiro atoms. The van der Waals surface area contributed by atoms with Gasteiger partial charge in [-0.1, -0.05) is 0 Å².